The molecule has 20 heavy (non-hydrogen) atoms. The van der Waals surface area contributed by atoms with Crippen LogP contribution >= 0.6 is 0 Å². The highest BCUT2D eigenvalue weighted by atomic mass is 16.5. The molecule has 2 aliphatic heterocycles. The number of hydrogen-bond acceptors (Lipinski definition) is 3. The second-order valence-electron chi connectivity index (χ2n) is 5.76. The minimum absolute atomic E-state index is 0.178. The summed E-state index contributed by atoms with van der Waals surface area (Å²) in [6.45, 7) is 1.74. The van der Waals surface area contributed by atoms with E-state index in [4.69, 9.17) is 9.84 Å². The number of amides is 1. The Kier molecular flexibility index (Phi) is 3.30. The topological polar surface area (TPSA) is 70.0 Å². The van der Waals surface area contributed by atoms with E-state index < -0.39 is 6.09 Å². The zero-order valence-electron chi connectivity index (χ0n) is 11.3. The van der Waals surface area contributed by atoms with Crippen LogP contribution in [0, 0.1) is 0 Å². The molecule has 2 saturated heterocycles. The number of carbonyl (C=O) groups is 1. The number of benzene rings is 1. The van der Waals surface area contributed by atoms with E-state index in [0.717, 1.165) is 24.8 Å². The fourth-order valence-corrected chi connectivity index (χ4v) is 3.29. The van der Waals surface area contributed by atoms with Crippen molar-refractivity contribution in [3.8, 4) is 5.75 Å². The van der Waals surface area contributed by atoms with Gasteiger partial charge in [0.05, 0.1) is 12.2 Å². The van der Waals surface area contributed by atoms with E-state index >= 15 is 0 Å². The number of likely N-dealkylation sites (tertiary alicyclic amines) is 1. The molecule has 3 rings (SSSR count). The van der Waals surface area contributed by atoms with Gasteiger partial charge in [0.2, 0.25) is 0 Å². The highest BCUT2D eigenvalue weighted by Crippen LogP contribution is 2.43. The van der Waals surface area contributed by atoms with Crippen LogP contribution < -0.4 is 0 Å². The van der Waals surface area contributed by atoms with Gasteiger partial charge in [0.25, 0.3) is 0 Å². The molecule has 0 aromatic heterocycles. The first-order valence-electron chi connectivity index (χ1n) is 6.99. The molecule has 1 unspecified atom stereocenters. The van der Waals surface area contributed by atoms with Crippen molar-refractivity contribution >= 4 is 6.09 Å². The van der Waals surface area contributed by atoms with Gasteiger partial charge in [-0.25, -0.2) is 4.79 Å². The number of aromatic hydroxyl groups is 1. The van der Waals surface area contributed by atoms with E-state index in [2.05, 4.69) is 0 Å². The second-order valence-corrected chi connectivity index (χ2v) is 5.76. The van der Waals surface area contributed by atoms with Crippen molar-refractivity contribution in [2.75, 3.05) is 19.7 Å². The highest BCUT2D eigenvalue weighted by molar-refractivity contribution is 5.65. The quantitative estimate of drug-likeness (QED) is 0.827. The molecule has 1 spiro atoms. The Balaban J connectivity index is 1.67. The number of hydrogen-bond donors (Lipinski definition) is 2. The Morgan fingerprint density at radius 2 is 2.10 bits per heavy atom. The van der Waals surface area contributed by atoms with Crippen LogP contribution in [-0.4, -0.2) is 46.5 Å². The molecule has 5 heteroatoms. The molecule has 1 atom stereocenters. The van der Waals surface area contributed by atoms with Gasteiger partial charge in [-0.15, -0.1) is 0 Å². The standard InChI is InChI=1S/C15H19NO4/c17-13-3-1-2-11(8-13)12-9-15(20-10-12)4-6-16(7-5-15)14(18)19/h1-3,8,12,17H,4-7,9-10H2,(H,18,19). The van der Waals surface area contributed by atoms with Gasteiger partial charge in [-0.1, -0.05) is 12.1 Å². The van der Waals surface area contributed by atoms with Crippen LogP contribution in [0.4, 0.5) is 4.79 Å². The molecule has 1 aromatic rings. The van der Waals surface area contributed by atoms with Crippen molar-refractivity contribution in [3.05, 3.63) is 29.8 Å². The fourth-order valence-electron chi connectivity index (χ4n) is 3.29. The van der Waals surface area contributed by atoms with Crippen molar-refractivity contribution in [1.29, 1.82) is 0 Å². The monoisotopic (exact) mass is 277 g/mol. The summed E-state index contributed by atoms with van der Waals surface area (Å²) >= 11 is 0. The van der Waals surface area contributed by atoms with Crippen molar-refractivity contribution in [3.63, 3.8) is 0 Å². The van der Waals surface area contributed by atoms with Crippen LogP contribution in [0.2, 0.25) is 0 Å². The number of piperidine rings is 1. The fraction of sp³-hybridized carbons (Fsp3) is 0.533. The van der Waals surface area contributed by atoms with Gasteiger partial charge >= 0.3 is 6.09 Å². The minimum Gasteiger partial charge on any atom is -0.508 e. The molecular formula is C15H19NO4. The predicted molar refractivity (Wildman–Crippen MR) is 73.0 cm³/mol. The molecule has 1 amide bonds. The lowest BCUT2D eigenvalue weighted by atomic mass is 9.83. The lowest BCUT2D eigenvalue weighted by Crippen LogP contribution is -2.45. The third-order valence-electron chi connectivity index (χ3n) is 4.50. The first-order chi connectivity index (χ1) is 9.58. The summed E-state index contributed by atoms with van der Waals surface area (Å²) < 4.78 is 6.02. The summed E-state index contributed by atoms with van der Waals surface area (Å²) in [6, 6.07) is 7.32. The first kappa shape index (κ1) is 13.2. The normalized spacial score (nSPS) is 25.0. The third-order valence-corrected chi connectivity index (χ3v) is 4.50. The molecule has 0 radical (unpaired) electrons. The Morgan fingerprint density at radius 1 is 1.35 bits per heavy atom. The second kappa shape index (κ2) is 4.98. The van der Waals surface area contributed by atoms with E-state index in [1.807, 2.05) is 12.1 Å². The lowest BCUT2D eigenvalue weighted by Gasteiger charge is -2.37. The summed E-state index contributed by atoms with van der Waals surface area (Å²) in [5.41, 5.74) is 0.921. The zero-order chi connectivity index (χ0) is 14.2. The van der Waals surface area contributed by atoms with E-state index in [9.17, 15) is 9.90 Å². The van der Waals surface area contributed by atoms with Gasteiger partial charge in [0.1, 0.15) is 5.75 Å². The Labute approximate surface area is 117 Å². The van der Waals surface area contributed by atoms with Crippen LogP contribution in [-0.2, 0) is 4.74 Å². The van der Waals surface area contributed by atoms with Crippen LogP contribution in [0.1, 0.15) is 30.7 Å². The summed E-state index contributed by atoms with van der Waals surface area (Å²) in [4.78, 5) is 12.4. The van der Waals surface area contributed by atoms with E-state index in [0.29, 0.717) is 25.6 Å². The molecule has 2 heterocycles. The number of phenolic OH excluding ortho intramolecular Hbond substituents is 1. The minimum atomic E-state index is -0.845. The SMILES string of the molecule is O=C(O)N1CCC2(CC1)CC(c1cccc(O)c1)CO2. The molecular weight excluding hydrogens is 258 g/mol. The van der Waals surface area contributed by atoms with Crippen molar-refractivity contribution in [2.45, 2.75) is 30.8 Å². The molecule has 0 saturated carbocycles. The molecule has 5 nitrogen and oxygen atoms in total. The molecule has 2 N–H and O–H groups in total. The maximum Gasteiger partial charge on any atom is 0.407 e. The smallest absolute Gasteiger partial charge is 0.407 e. The Hall–Kier alpha value is -1.75. The molecule has 1 aromatic carbocycles. The van der Waals surface area contributed by atoms with Gasteiger partial charge in [-0.2, -0.15) is 0 Å². The van der Waals surface area contributed by atoms with E-state index in [-0.39, 0.29) is 11.4 Å². The molecule has 2 fully saturated rings. The maximum absolute atomic E-state index is 10.9. The number of nitrogens with zero attached hydrogens (tertiary/aromatic N) is 1. The highest BCUT2D eigenvalue weighted by Gasteiger charge is 2.43. The van der Waals surface area contributed by atoms with Crippen LogP contribution in [0.5, 0.6) is 5.75 Å². The predicted octanol–water partition coefficient (Wildman–Crippen LogP) is 2.41. The lowest BCUT2D eigenvalue weighted by molar-refractivity contribution is -0.0394. The summed E-state index contributed by atoms with van der Waals surface area (Å²) in [5, 5.41) is 18.5. The van der Waals surface area contributed by atoms with Crippen molar-refractivity contribution in [1.82, 2.24) is 4.90 Å². The maximum atomic E-state index is 10.9. The summed E-state index contributed by atoms with van der Waals surface area (Å²) in [7, 11) is 0. The van der Waals surface area contributed by atoms with Gasteiger partial charge in [0.15, 0.2) is 0 Å². The average Bonchev–Trinajstić information content (AvgIpc) is 2.83. The number of phenols is 1. The zero-order valence-corrected chi connectivity index (χ0v) is 11.3. The van der Waals surface area contributed by atoms with E-state index in [1.54, 1.807) is 12.1 Å². The first-order valence-corrected chi connectivity index (χ1v) is 6.99. The number of carboxylic acid groups (broad SMARTS) is 1. The molecule has 108 valence electrons. The van der Waals surface area contributed by atoms with Crippen molar-refractivity contribution < 1.29 is 19.7 Å². The number of ether oxygens (including phenoxy) is 1. The number of rotatable bonds is 1. The molecule has 0 bridgehead atoms. The largest absolute Gasteiger partial charge is 0.508 e. The average molecular weight is 277 g/mol. The molecule has 2 aliphatic rings. The Bertz CT molecular complexity index is 508. The van der Waals surface area contributed by atoms with Gasteiger partial charge in [0, 0.05) is 19.0 Å². The Morgan fingerprint density at radius 3 is 2.75 bits per heavy atom. The van der Waals surface area contributed by atoms with Crippen molar-refractivity contribution in [2.24, 2.45) is 0 Å². The van der Waals surface area contributed by atoms with Crippen LogP contribution in [0.25, 0.3) is 0 Å². The van der Waals surface area contributed by atoms with Crippen LogP contribution in [0.15, 0.2) is 24.3 Å². The van der Waals surface area contributed by atoms with E-state index in [1.165, 1.54) is 4.90 Å². The summed E-state index contributed by atoms with van der Waals surface area (Å²) in [5.74, 6) is 0.572. The third kappa shape index (κ3) is 2.45. The van der Waals surface area contributed by atoms with Crippen LogP contribution in [0.3, 0.4) is 0 Å². The van der Waals surface area contributed by atoms with Gasteiger partial charge < -0.3 is 19.8 Å². The molecule has 0 aliphatic carbocycles. The summed E-state index contributed by atoms with van der Waals surface area (Å²) in [6.07, 6.45) is 1.58. The van der Waals surface area contributed by atoms with Gasteiger partial charge in [-0.05, 0) is 37.0 Å². The van der Waals surface area contributed by atoms with Gasteiger partial charge in [-0.3, -0.25) is 0 Å².